The van der Waals surface area contributed by atoms with Gasteiger partial charge in [0.05, 0.1) is 77.9 Å². The molecule has 12 nitrogen and oxygen atoms in total. The van der Waals surface area contributed by atoms with Crippen molar-refractivity contribution in [2.45, 2.75) is 104 Å². The van der Waals surface area contributed by atoms with Crippen molar-refractivity contribution in [2.24, 2.45) is 35.5 Å². The van der Waals surface area contributed by atoms with Crippen LogP contribution >= 0.6 is 0 Å². The molecule has 5 fully saturated rings. The van der Waals surface area contributed by atoms with Gasteiger partial charge in [-0.2, -0.15) is 0 Å². The first-order valence-corrected chi connectivity index (χ1v) is 23.8. The number of hydrogen-bond donors (Lipinski definition) is 2. The SMILES string of the molecule is CC1CCC(C(C)C)C(OCC2CO2)C1.COc1ccc(N2CCN(CC(O)COC3CC(C)CCC3C(C)C)CC2)c(OC)c1.COc1ccc(N2CCNCC2)c(OC)c1. The van der Waals surface area contributed by atoms with Crippen LogP contribution in [0.3, 0.4) is 0 Å². The van der Waals surface area contributed by atoms with Crippen LogP contribution in [0.2, 0.25) is 0 Å². The van der Waals surface area contributed by atoms with Crippen molar-refractivity contribution < 1.29 is 38.3 Å². The van der Waals surface area contributed by atoms with E-state index in [1.165, 1.54) is 32.1 Å². The van der Waals surface area contributed by atoms with Gasteiger partial charge in [0, 0.05) is 71.0 Å². The third-order valence-electron chi connectivity index (χ3n) is 13.7. The molecule has 62 heavy (non-hydrogen) atoms. The molecule has 2 saturated carbocycles. The van der Waals surface area contributed by atoms with Gasteiger partial charge in [-0.05, 0) is 85.5 Å². The van der Waals surface area contributed by atoms with Gasteiger partial charge in [0.25, 0.3) is 0 Å². The summed E-state index contributed by atoms with van der Waals surface area (Å²) >= 11 is 0. The Morgan fingerprint density at radius 1 is 0.661 bits per heavy atom. The predicted octanol–water partition coefficient (Wildman–Crippen LogP) is 7.64. The molecular weight excluding hydrogens is 785 g/mol. The predicted molar refractivity (Wildman–Crippen MR) is 251 cm³/mol. The van der Waals surface area contributed by atoms with E-state index < -0.39 is 6.10 Å². The second-order valence-corrected chi connectivity index (χ2v) is 19.1. The van der Waals surface area contributed by atoms with Crippen molar-refractivity contribution in [2.75, 3.05) is 117 Å². The van der Waals surface area contributed by atoms with Crippen LogP contribution in [0.1, 0.15) is 80.1 Å². The molecule has 2 aromatic carbocycles. The van der Waals surface area contributed by atoms with Gasteiger partial charge in [-0.25, -0.2) is 0 Å². The fraction of sp³-hybridized carbons (Fsp3) is 0.760. The van der Waals surface area contributed by atoms with Gasteiger partial charge in [0.2, 0.25) is 0 Å². The van der Waals surface area contributed by atoms with Crippen LogP contribution in [0.4, 0.5) is 11.4 Å². The highest BCUT2D eigenvalue weighted by atomic mass is 16.6. The molecule has 352 valence electrons. The van der Waals surface area contributed by atoms with Crippen LogP contribution in [-0.2, 0) is 14.2 Å². The molecule has 3 heterocycles. The number of β-amino-alcohol motifs (C(OH)–C–C–N with tert-alkyl or cyclic N) is 1. The van der Waals surface area contributed by atoms with Crippen molar-refractivity contribution in [1.82, 2.24) is 10.2 Å². The summed E-state index contributed by atoms with van der Waals surface area (Å²) in [7, 11) is 6.72. The van der Waals surface area contributed by atoms with E-state index in [1.54, 1.807) is 28.4 Å². The monoisotopic (exact) mass is 869 g/mol. The minimum atomic E-state index is -0.438. The molecule has 5 aliphatic rings. The number of ether oxygens (including phenoxy) is 7. The first-order chi connectivity index (χ1) is 29.9. The molecule has 3 saturated heterocycles. The van der Waals surface area contributed by atoms with Gasteiger partial charge in [-0.3, -0.25) is 4.90 Å². The van der Waals surface area contributed by atoms with Crippen LogP contribution in [-0.4, -0.2) is 142 Å². The Morgan fingerprint density at radius 3 is 1.60 bits per heavy atom. The van der Waals surface area contributed by atoms with E-state index in [0.29, 0.717) is 37.2 Å². The second-order valence-electron chi connectivity index (χ2n) is 19.1. The summed E-state index contributed by atoms with van der Waals surface area (Å²) in [5.74, 6) is 7.67. The number of nitrogens with zero attached hydrogens (tertiary/aromatic N) is 3. The number of epoxide rings is 1. The molecule has 2 aliphatic carbocycles. The van der Waals surface area contributed by atoms with E-state index in [9.17, 15) is 5.11 Å². The second kappa shape index (κ2) is 25.5. The Balaban J connectivity index is 0.000000195. The summed E-state index contributed by atoms with van der Waals surface area (Å²) in [6, 6.07) is 11.9. The normalized spacial score (nSPS) is 27.1. The zero-order valence-corrected chi connectivity index (χ0v) is 40.1. The number of aliphatic hydroxyl groups is 1. The molecule has 0 aromatic heterocycles. The number of aliphatic hydroxyl groups excluding tert-OH is 1. The lowest BCUT2D eigenvalue weighted by molar-refractivity contribution is -0.0740. The van der Waals surface area contributed by atoms with Crippen molar-refractivity contribution in [3.63, 3.8) is 0 Å². The Labute approximate surface area is 375 Å². The van der Waals surface area contributed by atoms with E-state index in [0.717, 1.165) is 130 Å². The first kappa shape index (κ1) is 50.0. The lowest BCUT2D eigenvalue weighted by Gasteiger charge is -2.39. The van der Waals surface area contributed by atoms with Crippen molar-refractivity contribution in [3.8, 4) is 23.0 Å². The molecule has 0 spiro atoms. The van der Waals surface area contributed by atoms with Crippen LogP contribution in [0.5, 0.6) is 23.0 Å². The maximum atomic E-state index is 10.6. The molecule has 0 amide bonds. The summed E-state index contributed by atoms with van der Waals surface area (Å²) in [6.45, 7) is 24.5. The van der Waals surface area contributed by atoms with Crippen molar-refractivity contribution in [1.29, 1.82) is 0 Å². The number of methoxy groups -OCH3 is 4. The number of rotatable bonds is 16. The quantitative estimate of drug-likeness (QED) is 0.162. The highest BCUT2D eigenvalue weighted by Crippen LogP contribution is 2.38. The van der Waals surface area contributed by atoms with Gasteiger partial charge in [0.15, 0.2) is 0 Å². The highest BCUT2D eigenvalue weighted by molar-refractivity contribution is 5.62. The number of nitrogens with one attached hydrogen (secondary N) is 1. The number of benzene rings is 2. The zero-order chi connectivity index (χ0) is 44.6. The summed E-state index contributed by atoms with van der Waals surface area (Å²) in [6.07, 6.45) is 8.38. The van der Waals surface area contributed by atoms with Crippen molar-refractivity contribution in [3.05, 3.63) is 36.4 Å². The average molecular weight is 869 g/mol. The third kappa shape index (κ3) is 15.3. The Bertz CT molecular complexity index is 1560. The van der Waals surface area contributed by atoms with Crippen LogP contribution in [0, 0.1) is 35.5 Å². The van der Waals surface area contributed by atoms with Gasteiger partial charge in [-0.15, -0.1) is 0 Å². The van der Waals surface area contributed by atoms with E-state index in [2.05, 4.69) is 73.7 Å². The lowest BCUT2D eigenvalue weighted by Crippen LogP contribution is -2.49. The van der Waals surface area contributed by atoms with Gasteiger partial charge >= 0.3 is 0 Å². The third-order valence-corrected chi connectivity index (χ3v) is 13.7. The minimum absolute atomic E-state index is 0.290. The summed E-state index contributed by atoms with van der Waals surface area (Å²) < 4.78 is 38.9. The van der Waals surface area contributed by atoms with Crippen LogP contribution < -0.4 is 34.1 Å². The van der Waals surface area contributed by atoms with Gasteiger partial charge < -0.3 is 53.4 Å². The maximum absolute atomic E-state index is 10.6. The molecule has 12 heteroatoms. The summed E-state index contributed by atoms with van der Waals surface area (Å²) in [5, 5.41) is 14.0. The van der Waals surface area contributed by atoms with Crippen LogP contribution in [0.15, 0.2) is 36.4 Å². The molecule has 2 N–H and O–H groups in total. The van der Waals surface area contributed by atoms with Crippen molar-refractivity contribution >= 4 is 11.4 Å². The molecule has 0 radical (unpaired) electrons. The average Bonchev–Trinajstić information content (AvgIpc) is 4.13. The molecule has 2 aromatic rings. The van der Waals surface area contributed by atoms with Gasteiger partial charge in [-0.1, -0.05) is 54.4 Å². The molecule has 8 atom stereocenters. The topological polar surface area (TPSA) is 110 Å². The highest BCUT2D eigenvalue weighted by Gasteiger charge is 2.34. The minimum Gasteiger partial charge on any atom is -0.497 e. The van der Waals surface area contributed by atoms with Gasteiger partial charge in [0.1, 0.15) is 29.1 Å². The molecule has 8 unspecified atom stereocenters. The van der Waals surface area contributed by atoms with Crippen LogP contribution in [0.25, 0.3) is 0 Å². The van der Waals surface area contributed by atoms with E-state index >= 15 is 0 Å². The fourth-order valence-electron chi connectivity index (χ4n) is 9.76. The Kier molecular flexibility index (Phi) is 20.6. The molecule has 0 bridgehead atoms. The number of anilines is 2. The lowest BCUT2D eigenvalue weighted by atomic mass is 9.75. The van der Waals surface area contributed by atoms with E-state index in [1.807, 2.05) is 24.3 Å². The fourth-order valence-corrected chi connectivity index (χ4v) is 9.76. The first-order valence-electron chi connectivity index (χ1n) is 23.8. The standard InChI is InChI=1S/C25H42N2O4.C13H24O2.C12H18N2O2/c1-18(2)22-8-6-19(3)14-24(22)31-17-20(28)16-26-10-12-27(13-11-26)23-9-7-21(29-4)15-25(23)30-5;1-9(2)12-5-4-10(3)6-13(12)15-8-11-7-14-11;1-15-10-3-4-11(12(9-10)16-2)14-7-5-13-6-8-14/h7,9,15,18-20,22,24,28H,6,8,10-14,16-17H2,1-5H3;9-13H,4-8H2,1-3H3;3-4,9,13H,5-8H2,1-2H3. The maximum Gasteiger partial charge on any atom is 0.145 e. The smallest absolute Gasteiger partial charge is 0.145 e. The Morgan fingerprint density at radius 2 is 1.15 bits per heavy atom. The summed E-state index contributed by atoms with van der Waals surface area (Å²) in [5.41, 5.74) is 2.24. The number of hydrogen-bond acceptors (Lipinski definition) is 12. The Hall–Kier alpha value is -3.00. The largest absolute Gasteiger partial charge is 0.497 e. The van der Waals surface area contributed by atoms with E-state index in [4.69, 9.17) is 33.2 Å². The summed E-state index contributed by atoms with van der Waals surface area (Å²) in [4.78, 5) is 7.01. The molecular formula is C50H84N4O8. The zero-order valence-electron chi connectivity index (χ0n) is 40.1. The molecule has 3 aliphatic heterocycles. The van der Waals surface area contributed by atoms with E-state index in [-0.39, 0.29) is 6.10 Å². The number of piperazine rings is 2. The molecule has 7 rings (SSSR count).